The number of amides is 1. The van der Waals surface area contributed by atoms with Crippen molar-refractivity contribution in [1.82, 2.24) is 19.5 Å². The van der Waals surface area contributed by atoms with E-state index in [9.17, 15) is 9.90 Å². The smallest absolute Gasteiger partial charge is 0.274 e. The van der Waals surface area contributed by atoms with Crippen LogP contribution < -0.4 is 16.4 Å². The summed E-state index contributed by atoms with van der Waals surface area (Å²) in [6.45, 7) is 2.97. The first-order valence-electron chi connectivity index (χ1n) is 11.5. The van der Waals surface area contributed by atoms with Crippen LogP contribution in [-0.4, -0.2) is 59.4 Å². The Kier molecular flexibility index (Phi) is 7.85. The van der Waals surface area contributed by atoms with Crippen LogP contribution in [0.25, 0.3) is 17.0 Å². The van der Waals surface area contributed by atoms with Gasteiger partial charge in [0.15, 0.2) is 0 Å². The van der Waals surface area contributed by atoms with Crippen molar-refractivity contribution in [3.63, 3.8) is 0 Å². The predicted octanol–water partition coefficient (Wildman–Crippen LogP) is 2.59. The normalized spacial score (nSPS) is 13.7. The summed E-state index contributed by atoms with van der Waals surface area (Å²) >= 11 is 2.12. The molecule has 1 atom stereocenters. The summed E-state index contributed by atoms with van der Waals surface area (Å²) in [6, 6.07) is 5.52. The Morgan fingerprint density at radius 2 is 2.16 bits per heavy atom. The van der Waals surface area contributed by atoms with E-state index in [0.29, 0.717) is 54.1 Å². The van der Waals surface area contributed by atoms with Gasteiger partial charge in [0.1, 0.15) is 32.8 Å². The molecule has 1 amide bonds. The Balaban J connectivity index is 1.39. The molecule has 1 aliphatic rings. The van der Waals surface area contributed by atoms with Gasteiger partial charge in [-0.2, -0.15) is 4.98 Å². The lowest BCUT2D eigenvalue weighted by Gasteiger charge is -2.16. The van der Waals surface area contributed by atoms with Gasteiger partial charge in [0.2, 0.25) is 11.7 Å². The number of nitrogens with one attached hydrogen (secondary N) is 1. The summed E-state index contributed by atoms with van der Waals surface area (Å²) in [7, 11) is 12.5. The lowest BCUT2D eigenvalue weighted by molar-refractivity contribution is 0.0938. The van der Waals surface area contributed by atoms with Gasteiger partial charge >= 0.3 is 0 Å². The van der Waals surface area contributed by atoms with Crippen molar-refractivity contribution in [3.05, 3.63) is 47.1 Å². The minimum atomic E-state index is -0.481. The van der Waals surface area contributed by atoms with Crippen LogP contribution in [0, 0.1) is 6.92 Å². The quantitative estimate of drug-likeness (QED) is 0.119. The zero-order valence-corrected chi connectivity index (χ0v) is 23.0. The molecule has 2 N–H and O–H groups in total. The van der Waals surface area contributed by atoms with Crippen molar-refractivity contribution >= 4 is 72.5 Å². The molecule has 0 spiro atoms. The number of rotatable bonds is 10. The number of benzene rings is 1. The molecule has 1 unspecified atom stereocenters. The van der Waals surface area contributed by atoms with E-state index < -0.39 is 5.91 Å². The van der Waals surface area contributed by atoms with E-state index in [-0.39, 0.29) is 34.8 Å². The van der Waals surface area contributed by atoms with Crippen molar-refractivity contribution in [2.24, 2.45) is 0 Å². The number of fused-ring (bicyclic) bond motifs is 1. The fraction of sp³-hybridized carbons (Fsp3) is 0.304. The standard InChI is InChI=1S/C23H21B2IN5O5P/c1-11-2-3-13(20-29-23(36-30-20)12-4-5-12)8-15(11)28-22(33)16-9-27-21-17(24)14(10-34-6-7-35-37-26)18(32)19(25)31(16)21/h2-3,8-9,12,32,37H,4-7,10H2,1H3,(H,28,33). The number of anilines is 1. The van der Waals surface area contributed by atoms with Gasteiger partial charge in [0, 0.05) is 28.3 Å². The summed E-state index contributed by atoms with van der Waals surface area (Å²) in [5.41, 5.74) is 2.86. The van der Waals surface area contributed by atoms with Gasteiger partial charge in [-0.15, -0.1) is 0 Å². The van der Waals surface area contributed by atoms with E-state index >= 15 is 0 Å². The van der Waals surface area contributed by atoms with Crippen molar-refractivity contribution in [1.29, 1.82) is 0 Å². The Morgan fingerprint density at radius 3 is 2.92 bits per heavy atom. The number of aromatic hydroxyl groups is 1. The maximum atomic E-state index is 13.3. The van der Waals surface area contributed by atoms with E-state index in [4.69, 9.17) is 29.5 Å². The number of hydrogen-bond donors (Lipinski definition) is 2. The molecule has 4 aromatic rings. The number of ether oxygens (including phenoxy) is 1. The predicted molar refractivity (Wildman–Crippen MR) is 150 cm³/mol. The number of hydrogen-bond acceptors (Lipinski definition) is 8. The Hall–Kier alpha value is -2.47. The highest BCUT2D eigenvalue weighted by Crippen LogP contribution is 2.39. The van der Waals surface area contributed by atoms with Gasteiger partial charge in [0.05, 0.1) is 32.5 Å². The molecule has 1 aliphatic carbocycles. The van der Waals surface area contributed by atoms with Crippen LogP contribution >= 0.6 is 28.5 Å². The number of carbonyl (C=O) groups excluding carboxylic acids is 1. The third-order valence-corrected chi connectivity index (χ3v) is 7.32. The maximum absolute atomic E-state index is 13.3. The molecule has 37 heavy (non-hydrogen) atoms. The minimum absolute atomic E-state index is 0.0189. The van der Waals surface area contributed by atoms with Crippen molar-refractivity contribution < 1.29 is 23.7 Å². The lowest BCUT2D eigenvalue weighted by Crippen LogP contribution is -2.29. The first kappa shape index (κ1) is 26.1. The van der Waals surface area contributed by atoms with Crippen LogP contribution in [0.4, 0.5) is 5.69 Å². The second-order valence-corrected chi connectivity index (χ2v) is 10.4. The van der Waals surface area contributed by atoms with E-state index in [2.05, 4.69) is 42.5 Å². The lowest BCUT2D eigenvalue weighted by atomic mass is 9.87. The second kappa shape index (κ2) is 11.1. The third kappa shape index (κ3) is 5.41. The Labute approximate surface area is 230 Å². The second-order valence-electron chi connectivity index (χ2n) is 8.62. The Morgan fingerprint density at radius 1 is 1.35 bits per heavy atom. The third-order valence-electron chi connectivity index (χ3n) is 6.07. The molecule has 0 aliphatic heterocycles. The molecule has 0 saturated heterocycles. The van der Waals surface area contributed by atoms with Crippen molar-refractivity contribution in [3.8, 4) is 17.1 Å². The molecule has 0 bridgehead atoms. The summed E-state index contributed by atoms with van der Waals surface area (Å²) < 4.78 is 17.5. The minimum Gasteiger partial charge on any atom is -0.507 e. The molecule has 1 aromatic carbocycles. The molecule has 4 radical (unpaired) electrons. The number of aryl methyl sites for hydroxylation is 1. The first-order valence-corrected chi connectivity index (χ1v) is 15.5. The molecule has 14 heteroatoms. The van der Waals surface area contributed by atoms with Crippen LogP contribution in [-0.2, 0) is 15.9 Å². The highest BCUT2D eigenvalue weighted by Gasteiger charge is 2.30. The number of imidazole rings is 1. The van der Waals surface area contributed by atoms with Crippen molar-refractivity contribution in [2.45, 2.75) is 32.3 Å². The van der Waals surface area contributed by atoms with Crippen LogP contribution in [0.2, 0.25) is 0 Å². The topological polar surface area (TPSA) is 124 Å². The molecule has 10 nitrogen and oxygen atoms in total. The molecule has 5 rings (SSSR count). The molecule has 186 valence electrons. The molecule has 3 aromatic heterocycles. The maximum Gasteiger partial charge on any atom is 0.274 e. The van der Waals surface area contributed by atoms with Crippen LogP contribution in [0.5, 0.6) is 5.75 Å². The van der Waals surface area contributed by atoms with Gasteiger partial charge in [-0.1, -0.05) is 17.3 Å². The van der Waals surface area contributed by atoms with Gasteiger partial charge in [-0.3, -0.25) is 9.20 Å². The van der Waals surface area contributed by atoms with Gasteiger partial charge < -0.3 is 24.2 Å². The van der Waals surface area contributed by atoms with Gasteiger partial charge in [-0.25, -0.2) is 4.98 Å². The fourth-order valence-electron chi connectivity index (χ4n) is 3.86. The molecule has 1 saturated carbocycles. The Bertz CT molecular complexity index is 1480. The van der Waals surface area contributed by atoms with E-state index in [0.717, 1.165) is 18.4 Å². The highest BCUT2D eigenvalue weighted by molar-refractivity contribution is 14.2. The number of nitrogens with zero attached hydrogens (tertiary/aromatic N) is 4. The van der Waals surface area contributed by atoms with Crippen LogP contribution in [0.15, 0.2) is 28.9 Å². The molecule has 1 fully saturated rings. The number of carbonyl (C=O) groups is 1. The van der Waals surface area contributed by atoms with Crippen molar-refractivity contribution in [2.75, 3.05) is 18.5 Å². The highest BCUT2D eigenvalue weighted by atomic mass is 127. The van der Waals surface area contributed by atoms with E-state index in [1.165, 1.54) is 10.6 Å². The molecule has 3 heterocycles. The number of pyridine rings is 1. The zero-order valence-electron chi connectivity index (χ0n) is 19.8. The zero-order chi connectivity index (χ0) is 26.1. The van der Waals surface area contributed by atoms with Crippen LogP contribution in [0.3, 0.4) is 0 Å². The first-order chi connectivity index (χ1) is 17.9. The van der Waals surface area contributed by atoms with E-state index in [1.54, 1.807) is 6.07 Å². The molecular weight excluding hydrogens is 606 g/mol. The average molecular weight is 627 g/mol. The fourth-order valence-corrected chi connectivity index (χ4v) is 4.68. The average Bonchev–Trinajstić information content (AvgIpc) is 3.44. The summed E-state index contributed by atoms with van der Waals surface area (Å²) in [5.74, 6) is 0.697. The van der Waals surface area contributed by atoms with E-state index in [1.807, 2.05) is 19.1 Å². The van der Waals surface area contributed by atoms with Crippen LogP contribution in [0.1, 0.15) is 46.3 Å². The van der Waals surface area contributed by atoms with Gasteiger partial charge in [0.25, 0.3) is 5.91 Å². The molecular formula is C23H21B2IN5O5P. The summed E-state index contributed by atoms with van der Waals surface area (Å²) in [6.07, 6.45) is 3.47. The number of halogens is 1. The van der Waals surface area contributed by atoms with Gasteiger partial charge in [-0.05, 0) is 58.9 Å². The summed E-state index contributed by atoms with van der Waals surface area (Å²) in [5, 5.41) is 17.7. The summed E-state index contributed by atoms with van der Waals surface area (Å²) in [4.78, 5) is 22.1. The SMILES string of the molecule is [B]c1c(COCCOPI)c(O)c([B])n2c(C(=O)Nc3cc(-c4noc(C5CC5)n4)ccc3C)cnc12. The monoisotopic (exact) mass is 627 g/mol. The largest absolute Gasteiger partial charge is 0.507 e. The number of aromatic nitrogens is 4.